The lowest BCUT2D eigenvalue weighted by Crippen LogP contribution is -2.47. The van der Waals surface area contributed by atoms with Gasteiger partial charge in [-0.15, -0.1) is 0 Å². The molecule has 0 rings (SSSR count). The van der Waals surface area contributed by atoms with Crippen molar-refractivity contribution in [3.63, 3.8) is 0 Å². The van der Waals surface area contributed by atoms with Crippen molar-refractivity contribution in [3.8, 4) is 0 Å². The van der Waals surface area contributed by atoms with Gasteiger partial charge in [0.25, 0.3) is 0 Å². The van der Waals surface area contributed by atoms with Crippen LogP contribution >= 0.6 is 0 Å². The number of amides is 2. The third kappa shape index (κ3) is 4.14. The predicted molar refractivity (Wildman–Crippen MR) is 40.5 cm³/mol. The van der Waals surface area contributed by atoms with Crippen LogP contribution < -0.4 is 16.8 Å². The van der Waals surface area contributed by atoms with Gasteiger partial charge in [0, 0.05) is 5.54 Å². The normalized spacial score (nSPS) is 11.1. The second-order valence-corrected chi connectivity index (χ2v) is 2.91. The van der Waals surface area contributed by atoms with Crippen molar-refractivity contribution >= 4 is 6.03 Å². The van der Waals surface area contributed by atoms with Gasteiger partial charge in [0.15, 0.2) is 0 Å². The van der Waals surface area contributed by atoms with Gasteiger partial charge in [-0.25, -0.2) is 4.79 Å². The molecular formula is C6H15N3O. The van der Waals surface area contributed by atoms with Crippen molar-refractivity contribution in [2.75, 3.05) is 6.54 Å². The monoisotopic (exact) mass is 145 g/mol. The van der Waals surface area contributed by atoms with Gasteiger partial charge in [-0.3, -0.25) is 0 Å². The molecule has 10 heavy (non-hydrogen) atoms. The summed E-state index contributed by atoms with van der Waals surface area (Å²) in [5, 5.41) is 2.58. The quantitative estimate of drug-likeness (QED) is 0.513. The van der Waals surface area contributed by atoms with Crippen LogP contribution in [0.1, 0.15) is 20.3 Å². The Hall–Kier alpha value is -0.770. The summed E-state index contributed by atoms with van der Waals surface area (Å²) in [7, 11) is 0. The number of carbonyl (C=O) groups is 1. The molecule has 0 radical (unpaired) electrons. The smallest absolute Gasteiger partial charge is 0.312 e. The molecule has 4 heteroatoms. The Morgan fingerprint density at radius 3 is 2.40 bits per heavy atom. The van der Waals surface area contributed by atoms with Gasteiger partial charge < -0.3 is 16.8 Å². The van der Waals surface area contributed by atoms with Gasteiger partial charge in [0.05, 0.1) is 0 Å². The van der Waals surface area contributed by atoms with Crippen LogP contribution in [0.25, 0.3) is 0 Å². The molecule has 0 spiro atoms. The van der Waals surface area contributed by atoms with Crippen LogP contribution in [-0.4, -0.2) is 18.1 Å². The first-order chi connectivity index (χ1) is 4.48. The highest BCUT2D eigenvalue weighted by molar-refractivity contribution is 5.72. The summed E-state index contributed by atoms with van der Waals surface area (Å²) in [6, 6.07) is -0.501. The van der Waals surface area contributed by atoms with E-state index in [-0.39, 0.29) is 5.54 Å². The van der Waals surface area contributed by atoms with E-state index in [4.69, 9.17) is 11.5 Å². The van der Waals surface area contributed by atoms with Crippen LogP contribution in [-0.2, 0) is 0 Å². The number of hydrogen-bond donors (Lipinski definition) is 3. The first-order valence-corrected chi connectivity index (χ1v) is 3.25. The van der Waals surface area contributed by atoms with E-state index in [2.05, 4.69) is 5.32 Å². The second-order valence-electron chi connectivity index (χ2n) is 2.91. The lowest BCUT2D eigenvalue weighted by molar-refractivity contribution is 0.237. The Balaban J connectivity index is 3.74. The minimum absolute atomic E-state index is 0.277. The highest BCUT2D eigenvalue weighted by Gasteiger charge is 2.16. The number of nitrogens with one attached hydrogen (secondary N) is 1. The lowest BCUT2D eigenvalue weighted by Gasteiger charge is -2.23. The first kappa shape index (κ1) is 9.23. The zero-order chi connectivity index (χ0) is 8.20. The zero-order valence-electron chi connectivity index (χ0n) is 6.48. The maximum absolute atomic E-state index is 10.4. The maximum Gasteiger partial charge on any atom is 0.312 e. The lowest BCUT2D eigenvalue weighted by atomic mass is 10.0. The van der Waals surface area contributed by atoms with E-state index in [0.717, 1.165) is 6.42 Å². The number of rotatable bonds is 3. The van der Waals surface area contributed by atoms with Gasteiger partial charge in [-0.2, -0.15) is 0 Å². The summed E-state index contributed by atoms with van der Waals surface area (Å²) in [6.07, 6.45) is 0.732. The van der Waals surface area contributed by atoms with E-state index in [0.29, 0.717) is 6.54 Å². The number of primary amides is 1. The number of nitrogens with two attached hydrogens (primary N) is 2. The zero-order valence-corrected chi connectivity index (χ0v) is 6.48. The van der Waals surface area contributed by atoms with E-state index in [1.165, 1.54) is 0 Å². The van der Waals surface area contributed by atoms with Gasteiger partial charge in [-0.05, 0) is 26.8 Å². The Labute approximate surface area is 61.0 Å². The number of urea groups is 1. The Morgan fingerprint density at radius 1 is 1.60 bits per heavy atom. The highest BCUT2D eigenvalue weighted by Crippen LogP contribution is 2.04. The molecule has 0 aliphatic carbocycles. The van der Waals surface area contributed by atoms with Crippen LogP contribution in [0.4, 0.5) is 4.79 Å². The van der Waals surface area contributed by atoms with Gasteiger partial charge in [0.1, 0.15) is 0 Å². The predicted octanol–water partition coefficient (Wildman–Crippen LogP) is -0.218. The molecule has 0 saturated heterocycles. The minimum atomic E-state index is -0.501. The Bertz CT molecular complexity index is 122. The van der Waals surface area contributed by atoms with E-state index < -0.39 is 6.03 Å². The van der Waals surface area contributed by atoms with E-state index >= 15 is 0 Å². The Kier molecular flexibility index (Phi) is 3.15. The molecule has 0 aromatic rings. The van der Waals surface area contributed by atoms with Crippen LogP contribution in [0, 0.1) is 0 Å². The fourth-order valence-electron chi connectivity index (χ4n) is 0.757. The fraction of sp³-hybridized carbons (Fsp3) is 0.833. The van der Waals surface area contributed by atoms with Crippen molar-refractivity contribution in [1.82, 2.24) is 5.32 Å². The van der Waals surface area contributed by atoms with E-state index in [1.807, 2.05) is 13.8 Å². The molecule has 0 fully saturated rings. The molecule has 4 nitrogen and oxygen atoms in total. The third-order valence-corrected chi connectivity index (χ3v) is 1.23. The first-order valence-electron chi connectivity index (χ1n) is 3.25. The SMILES string of the molecule is CC(C)(CCN)NC(N)=O. The van der Waals surface area contributed by atoms with Crippen molar-refractivity contribution in [1.29, 1.82) is 0 Å². The maximum atomic E-state index is 10.4. The van der Waals surface area contributed by atoms with Crippen LogP contribution in [0.15, 0.2) is 0 Å². The van der Waals surface area contributed by atoms with Gasteiger partial charge in [-0.1, -0.05) is 0 Å². The minimum Gasteiger partial charge on any atom is -0.352 e. The summed E-state index contributed by atoms with van der Waals surface area (Å²) >= 11 is 0. The van der Waals surface area contributed by atoms with Crippen molar-refractivity contribution in [2.45, 2.75) is 25.8 Å². The average molecular weight is 145 g/mol. The largest absolute Gasteiger partial charge is 0.352 e. The fourth-order valence-corrected chi connectivity index (χ4v) is 0.757. The summed E-state index contributed by atoms with van der Waals surface area (Å²) in [4.78, 5) is 10.4. The summed E-state index contributed by atoms with van der Waals surface area (Å²) in [5.74, 6) is 0. The van der Waals surface area contributed by atoms with Gasteiger partial charge in [0.2, 0.25) is 0 Å². The standard InChI is InChI=1S/C6H15N3O/c1-6(2,3-4-7)9-5(8)10/h3-4,7H2,1-2H3,(H3,8,9,10). The molecule has 0 aliphatic rings. The molecule has 5 N–H and O–H groups in total. The summed E-state index contributed by atoms with van der Waals surface area (Å²) in [6.45, 7) is 4.31. The molecule has 0 aromatic heterocycles. The molecule has 0 unspecified atom stereocenters. The average Bonchev–Trinajstić information content (AvgIpc) is 1.59. The topological polar surface area (TPSA) is 81.1 Å². The van der Waals surface area contributed by atoms with Gasteiger partial charge >= 0.3 is 6.03 Å². The molecule has 0 heterocycles. The molecule has 0 aromatic carbocycles. The third-order valence-electron chi connectivity index (χ3n) is 1.23. The van der Waals surface area contributed by atoms with Crippen LogP contribution in [0.3, 0.4) is 0 Å². The van der Waals surface area contributed by atoms with Crippen LogP contribution in [0.2, 0.25) is 0 Å². The molecule has 2 amide bonds. The molecule has 0 bridgehead atoms. The number of hydrogen-bond acceptors (Lipinski definition) is 2. The van der Waals surface area contributed by atoms with E-state index in [9.17, 15) is 4.79 Å². The molecule has 0 aliphatic heterocycles. The Morgan fingerprint density at radius 2 is 2.10 bits per heavy atom. The highest BCUT2D eigenvalue weighted by atomic mass is 16.2. The number of carbonyl (C=O) groups excluding carboxylic acids is 1. The second kappa shape index (κ2) is 3.41. The summed E-state index contributed by atoms with van der Waals surface area (Å²) in [5.41, 5.74) is 9.94. The van der Waals surface area contributed by atoms with Crippen molar-refractivity contribution < 1.29 is 4.79 Å². The summed E-state index contributed by atoms with van der Waals surface area (Å²) < 4.78 is 0. The van der Waals surface area contributed by atoms with E-state index in [1.54, 1.807) is 0 Å². The molecule has 60 valence electrons. The van der Waals surface area contributed by atoms with Crippen LogP contribution in [0.5, 0.6) is 0 Å². The molecule has 0 saturated carbocycles. The van der Waals surface area contributed by atoms with Crippen molar-refractivity contribution in [3.05, 3.63) is 0 Å². The molecule has 0 atom stereocenters. The van der Waals surface area contributed by atoms with Crippen molar-refractivity contribution in [2.24, 2.45) is 11.5 Å². The molecular weight excluding hydrogens is 130 g/mol.